The van der Waals surface area contributed by atoms with E-state index in [2.05, 4.69) is 13.1 Å². The van der Waals surface area contributed by atoms with Gasteiger partial charge in [-0.3, -0.25) is 0 Å². The van der Waals surface area contributed by atoms with Crippen molar-refractivity contribution in [2.45, 2.75) is 33.4 Å². The summed E-state index contributed by atoms with van der Waals surface area (Å²) in [6.45, 7) is 5.18. The molecule has 144 valence electrons. The van der Waals surface area contributed by atoms with Crippen molar-refractivity contribution < 1.29 is 14.4 Å². The molecule has 0 saturated carbocycles. The summed E-state index contributed by atoms with van der Waals surface area (Å²) in [5, 5.41) is 12.7. The van der Waals surface area contributed by atoms with Crippen LogP contribution in [0.25, 0.3) is 21.2 Å². The van der Waals surface area contributed by atoms with Crippen molar-refractivity contribution in [3.63, 3.8) is 0 Å². The normalized spacial score (nSPS) is 12.7. The van der Waals surface area contributed by atoms with E-state index in [0.717, 1.165) is 38.5 Å². The highest BCUT2D eigenvalue weighted by Crippen LogP contribution is 2.32. The molecule has 5 nitrogen and oxygen atoms in total. The minimum absolute atomic E-state index is 0.229. The number of phenols is 1. The molecule has 0 aliphatic heterocycles. The van der Waals surface area contributed by atoms with Gasteiger partial charge in [0.1, 0.15) is 23.8 Å². The molecule has 2 aromatic carbocycles. The second kappa shape index (κ2) is 7.37. The molecule has 2 aromatic heterocycles. The lowest BCUT2D eigenvalue weighted by Crippen LogP contribution is -3.06. The third-order valence-corrected chi connectivity index (χ3v) is 6.08. The number of para-hydroxylation sites is 1. The minimum Gasteiger partial charge on any atom is -0.507 e. The van der Waals surface area contributed by atoms with Gasteiger partial charge in [0.25, 0.3) is 0 Å². The van der Waals surface area contributed by atoms with Gasteiger partial charge in [0.05, 0.1) is 22.8 Å². The molecule has 6 heteroatoms. The number of hydrogen-bond acceptors (Lipinski definition) is 5. The molecule has 0 amide bonds. The maximum atomic E-state index is 11.9. The zero-order valence-corrected chi connectivity index (χ0v) is 17.0. The summed E-state index contributed by atoms with van der Waals surface area (Å²) in [5.41, 5.74) is 3.53. The zero-order valence-electron chi connectivity index (χ0n) is 16.2. The molecular weight excluding hydrogens is 372 g/mol. The van der Waals surface area contributed by atoms with Crippen LogP contribution in [0.3, 0.4) is 0 Å². The number of rotatable bonds is 5. The average Bonchev–Trinajstić information content (AvgIpc) is 3.06. The molecule has 0 radical (unpaired) electrons. The summed E-state index contributed by atoms with van der Waals surface area (Å²) in [6, 6.07) is 11.5. The molecule has 0 bridgehead atoms. The number of nitrogens with one attached hydrogen (secondary N) is 1. The number of aryl methyl sites for hydroxylation is 2. The maximum absolute atomic E-state index is 11.9. The van der Waals surface area contributed by atoms with Crippen molar-refractivity contribution in [1.82, 2.24) is 4.98 Å². The molecule has 28 heavy (non-hydrogen) atoms. The van der Waals surface area contributed by atoms with E-state index in [0.29, 0.717) is 24.1 Å². The summed E-state index contributed by atoms with van der Waals surface area (Å²) in [5.74, 6) is 0.229. The number of aromatic nitrogens is 1. The van der Waals surface area contributed by atoms with Crippen molar-refractivity contribution in [2.24, 2.45) is 0 Å². The first-order valence-electron chi connectivity index (χ1n) is 9.40. The van der Waals surface area contributed by atoms with Crippen LogP contribution in [0.2, 0.25) is 0 Å². The van der Waals surface area contributed by atoms with Gasteiger partial charge in [-0.25, -0.2) is 9.78 Å². The quantitative estimate of drug-likeness (QED) is 0.509. The standard InChI is InChI=1S/C22H22N2O3S/c1-4-14-10-15-13(2)9-20(25)27-22(15)16(21(14)26)11-24(3)12-19-23-17-7-5-6-8-18(17)28-19/h5-10,26H,4,11-12H2,1-3H3/p+1. The third-order valence-electron chi connectivity index (χ3n) is 5.04. The Hall–Kier alpha value is -2.70. The predicted octanol–water partition coefficient (Wildman–Crippen LogP) is 3.19. The molecular formula is C22H23N2O3S+. The van der Waals surface area contributed by atoms with Crippen molar-refractivity contribution in [3.8, 4) is 5.75 Å². The van der Waals surface area contributed by atoms with E-state index in [4.69, 9.17) is 9.40 Å². The van der Waals surface area contributed by atoms with Crippen LogP contribution in [0.1, 0.15) is 28.6 Å². The largest absolute Gasteiger partial charge is 0.507 e. The fourth-order valence-electron chi connectivity index (χ4n) is 3.62. The monoisotopic (exact) mass is 395 g/mol. The van der Waals surface area contributed by atoms with Crippen molar-refractivity contribution in [2.75, 3.05) is 7.05 Å². The molecule has 0 spiro atoms. The van der Waals surface area contributed by atoms with E-state index in [1.807, 2.05) is 38.1 Å². The molecule has 2 N–H and O–H groups in total. The number of nitrogens with zero attached hydrogens (tertiary/aromatic N) is 1. The van der Waals surface area contributed by atoms with Crippen LogP contribution in [0, 0.1) is 6.92 Å². The Bertz CT molecular complexity index is 1190. The van der Waals surface area contributed by atoms with Crippen molar-refractivity contribution >= 4 is 32.5 Å². The number of aromatic hydroxyl groups is 1. The first-order valence-corrected chi connectivity index (χ1v) is 10.2. The maximum Gasteiger partial charge on any atom is 0.336 e. The van der Waals surface area contributed by atoms with Gasteiger partial charge in [-0.15, -0.1) is 11.3 Å². The molecule has 0 aliphatic carbocycles. The van der Waals surface area contributed by atoms with Gasteiger partial charge < -0.3 is 14.4 Å². The van der Waals surface area contributed by atoms with Gasteiger partial charge >= 0.3 is 5.63 Å². The molecule has 4 rings (SSSR count). The van der Waals surface area contributed by atoms with Crippen LogP contribution < -0.4 is 10.5 Å². The second-order valence-corrected chi connectivity index (χ2v) is 8.34. The van der Waals surface area contributed by atoms with Gasteiger partial charge in [0, 0.05) is 11.5 Å². The summed E-state index contributed by atoms with van der Waals surface area (Å²) >= 11 is 1.69. The second-order valence-electron chi connectivity index (χ2n) is 7.23. The van der Waals surface area contributed by atoms with Crippen LogP contribution >= 0.6 is 11.3 Å². The average molecular weight is 396 g/mol. The summed E-state index contributed by atoms with van der Waals surface area (Å²) in [7, 11) is 2.06. The van der Waals surface area contributed by atoms with Crippen LogP contribution in [-0.2, 0) is 19.5 Å². The van der Waals surface area contributed by atoms with E-state index in [1.165, 1.54) is 10.8 Å². The van der Waals surface area contributed by atoms with Crippen molar-refractivity contribution in [3.05, 3.63) is 68.5 Å². The topological polar surface area (TPSA) is 67.8 Å². The summed E-state index contributed by atoms with van der Waals surface area (Å²) < 4.78 is 6.69. The fraction of sp³-hybridized carbons (Fsp3) is 0.273. The lowest BCUT2D eigenvalue weighted by Gasteiger charge is -2.17. The number of quaternary nitrogens is 1. The number of hydrogen-bond donors (Lipinski definition) is 2. The Morgan fingerprint density at radius 1 is 1.21 bits per heavy atom. The van der Waals surface area contributed by atoms with E-state index in [1.54, 1.807) is 11.3 Å². The van der Waals surface area contributed by atoms with Crippen LogP contribution in [-0.4, -0.2) is 17.1 Å². The van der Waals surface area contributed by atoms with E-state index < -0.39 is 5.63 Å². The van der Waals surface area contributed by atoms with Gasteiger partial charge in [-0.2, -0.15) is 0 Å². The van der Waals surface area contributed by atoms with Gasteiger partial charge in [-0.05, 0) is 42.7 Å². The zero-order chi connectivity index (χ0) is 19.8. The van der Waals surface area contributed by atoms with Crippen LogP contribution in [0.5, 0.6) is 5.75 Å². The van der Waals surface area contributed by atoms with Crippen LogP contribution in [0.4, 0.5) is 0 Å². The number of fused-ring (bicyclic) bond motifs is 2. The Morgan fingerprint density at radius 3 is 2.75 bits per heavy atom. The highest BCUT2D eigenvalue weighted by molar-refractivity contribution is 7.18. The van der Waals surface area contributed by atoms with E-state index in [9.17, 15) is 9.90 Å². The van der Waals surface area contributed by atoms with Gasteiger partial charge in [0.2, 0.25) is 0 Å². The first-order chi connectivity index (χ1) is 13.5. The molecule has 0 aliphatic rings. The molecule has 1 atom stereocenters. The predicted molar refractivity (Wildman–Crippen MR) is 112 cm³/mol. The van der Waals surface area contributed by atoms with Gasteiger partial charge in [0.15, 0.2) is 5.58 Å². The molecule has 1 unspecified atom stereocenters. The minimum atomic E-state index is -0.390. The fourth-order valence-corrected chi connectivity index (χ4v) is 4.70. The Kier molecular flexibility index (Phi) is 4.91. The number of thiazole rings is 1. The highest BCUT2D eigenvalue weighted by atomic mass is 32.1. The third kappa shape index (κ3) is 3.41. The molecule has 0 saturated heterocycles. The number of benzene rings is 2. The molecule has 4 aromatic rings. The number of phenolic OH excluding ortho intramolecular Hbond substituents is 1. The molecule has 2 heterocycles. The van der Waals surface area contributed by atoms with E-state index >= 15 is 0 Å². The lowest BCUT2D eigenvalue weighted by molar-refractivity contribution is -0.907. The Morgan fingerprint density at radius 2 is 2.00 bits per heavy atom. The summed E-state index contributed by atoms with van der Waals surface area (Å²) in [4.78, 5) is 17.8. The van der Waals surface area contributed by atoms with E-state index in [-0.39, 0.29) is 5.75 Å². The Balaban J connectivity index is 1.71. The van der Waals surface area contributed by atoms with Gasteiger partial charge in [-0.1, -0.05) is 19.1 Å². The first kappa shape index (κ1) is 18.7. The SMILES string of the molecule is CCc1cc2c(C)cc(=O)oc2c(C[NH+](C)Cc2nc3ccccc3s2)c1O. The highest BCUT2D eigenvalue weighted by Gasteiger charge is 2.20. The summed E-state index contributed by atoms with van der Waals surface area (Å²) in [6.07, 6.45) is 0.713. The smallest absolute Gasteiger partial charge is 0.336 e. The molecule has 0 fully saturated rings. The van der Waals surface area contributed by atoms with Crippen molar-refractivity contribution in [1.29, 1.82) is 0 Å². The Labute approximate surface area is 166 Å². The lowest BCUT2D eigenvalue weighted by atomic mass is 9.99. The van der Waals surface area contributed by atoms with Crippen LogP contribution in [0.15, 0.2) is 45.6 Å².